The summed E-state index contributed by atoms with van der Waals surface area (Å²) in [7, 11) is 0. The molecule has 1 rings (SSSR count). The number of benzene rings is 1. The molecule has 0 aliphatic heterocycles. The maximum Gasteiger partial charge on any atom is 0.421 e. The second kappa shape index (κ2) is 3.86. The lowest BCUT2D eigenvalue weighted by Gasteiger charge is -2.12. The van der Waals surface area contributed by atoms with Crippen molar-refractivity contribution in [3.63, 3.8) is 0 Å². The largest absolute Gasteiger partial charge is 0.464 e. The third-order valence-corrected chi connectivity index (χ3v) is 1.54. The van der Waals surface area contributed by atoms with Crippen LogP contribution in [0, 0.1) is 5.82 Å². The predicted molar refractivity (Wildman–Crippen MR) is 44.2 cm³/mol. The number of amides is 1. The molecule has 4 nitrogen and oxygen atoms in total. The summed E-state index contributed by atoms with van der Waals surface area (Å²) in [5, 5.41) is 8.94. The van der Waals surface area contributed by atoms with Gasteiger partial charge in [-0.25, -0.2) is 20.0 Å². The highest BCUT2D eigenvalue weighted by atomic mass is 19.1. The van der Waals surface area contributed by atoms with Gasteiger partial charge in [-0.1, -0.05) is 18.2 Å². The molecule has 1 aromatic rings. The molecule has 0 atom stereocenters. The van der Waals surface area contributed by atoms with Crippen LogP contribution in [0.25, 0.3) is 0 Å². The van der Waals surface area contributed by atoms with E-state index in [9.17, 15) is 9.18 Å². The lowest BCUT2D eigenvalue weighted by atomic mass is 10.2. The number of carbonyl (C=O) groups is 1. The first-order valence-corrected chi connectivity index (χ1v) is 3.60. The van der Waals surface area contributed by atoms with Crippen molar-refractivity contribution in [1.29, 1.82) is 0 Å². The van der Waals surface area contributed by atoms with Crippen molar-refractivity contribution in [1.82, 2.24) is 5.01 Å². The summed E-state index contributed by atoms with van der Waals surface area (Å²) in [6, 6.07) is 5.89. The van der Waals surface area contributed by atoms with Gasteiger partial charge in [-0.15, -0.1) is 0 Å². The Bertz CT molecular complexity index is 317. The molecule has 0 saturated heterocycles. The van der Waals surface area contributed by atoms with E-state index in [1.165, 1.54) is 18.2 Å². The first kappa shape index (κ1) is 9.47. The molecule has 0 aliphatic rings. The number of halogens is 1. The van der Waals surface area contributed by atoms with Crippen molar-refractivity contribution in [3.8, 4) is 0 Å². The molecular formula is C8H9FN2O2. The average Bonchev–Trinajstić information content (AvgIpc) is 2.08. The predicted octanol–water partition coefficient (Wildman–Crippen LogP) is 1.18. The van der Waals surface area contributed by atoms with Gasteiger partial charge >= 0.3 is 6.09 Å². The highest BCUT2D eigenvalue weighted by Crippen LogP contribution is 2.07. The molecule has 1 aromatic carbocycles. The van der Waals surface area contributed by atoms with E-state index in [-0.39, 0.29) is 12.1 Å². The molecule has 0 heterocycles. The number of rotatable bonds is 2. The van der Waals surface area contributed by atoms with Crippen molar-refractivity contribution in [2.45, 2.75) is 6.54 Å². The highest BCUT2D eigenvalue weighted by Gasteiger charge is 2.09. The zero-order valence-electron chi connectivity index (χ0n) is 6.77. The van der Waals surface area contributed by atoms with Crippen molar-refractivity contribution in [2.75, 3.05) is 0 Å². The van der Waals surface area contributed by atoms with E-state index < -0.39 is 11.9 Å². The molecule has 0 aliphatic carbocycles. The summed E-state index contributed by atoms with van der Waals surface area (Å²) in [6.45, 7) is -0.151. The van der Waals surface area contributed by atoms with Crippen molar-refractivity contribution in [2.24, 2.45) is 5.84 Å². The van der Waals surface area contributed by atoms with E-state index in [1.807, 2.05) is 0 Å². The highest BCUT2D eigenvalue weighted by molar-refractivity contribution is 5.64. The Morgan fingerprint density at radius 1 is 1.54 bits per heavy atom. The van der Waals surface area contributed by atoms with Crippen LogP contribution in [0.4, 0.5) is 9.18 Å². The fourth-order valence-corrected chi connectivity index (χ4v) is 0.878. The molecule has 3 N–H and O–H groups in total. The van der Waals surface area contributed by atoms with Gasteiger partial charge < -0.3 is 5.11 Å². The van der Waals surface area contributed by atoms with E-state index in [2.05, 4.69) is 0 Å². The Morgan fingerprint density at radius 3 is 2.69 bits per heavy atom. The van der Waals surface area contributed by atoms with Gasteiger partial charge in [0.05, 0.1) is 6.54 Å². The molecule has 0 fully saturated rings. The first-order valence-electron chi connectivity index (χ1n) is 3.60. The van der Waals surface area contributed by atoms with Crippen LogP contribution in [0.15, 0.2) is 24.3 Å². The van der Waals surface area contributed by atoms with E-state index >= 15 is 0 Å². The van der Waals surface area contributed by atoms with Gasteiger partial charge in [-0.3, -0.25) is 0 Å². The van der Waals surface area contributed by atoms with Crippen LogP contribution in [-0.2, 0) is 6.54 Å². The second-order valence-corrected chi connectivity index (χ2v) is 2.50. The van der Waals surface area contributed by atoms with E-state index in [4.69, 9.17) is 10.9 Å². The normalized spacial score (nSPS) is 9.69. The lowest BCUT2D eigenvalue weighted by molar-refractivity contribution is 0.142. The van der Waals surface area contributed by atoms with E-state index in [0.29, 0.717) is 5.01 Å². The van der Waals surface area contributed by atoms with Crippen LogP contribution >= 0.6 is 0 Å². The molecule has 0 spiro atoms. The van der Waals surface area contributed by atoms with Crippen LogP contribution in [0.3, 0.4) is 0 Å². The zero-order chi connectivity index (χ0) is 9.84. The summed E-state index contributed by atoms with van der Waals surface area (Å²) in [4.78, 5) is 10.3. The third kappa shape index (κ3) is 2.41. The smallest absolute Gasteiger partial charge is 0.421 e. The van der Waals surface area contributed by atoms with Crippen LogP contribution < -0.4 is 5.84 Å². The van der Waals surface area contributed by atoms with Gasteiger partial charge in [-0.2, -0.15) is 0 Å². The van der Waals surface area contributed by atoms with Gasteiger partial charge in [0, 0.05) is 5.56 Å². The Balaban J connectivity index is 2.74. The summed E-state index contributed by atoms with van der Waals surface area (Å²) in [5.41, 5.74) is 0.257. The quantitative estimate of drug-likeness (QED) is 0.412. The molecule has 0 radical (unpaired) electrons. The lowest BCUT2D eigenvalue weighted by Crippen LogP contribution is -2.35. The molecule has 5 heteroatoms. The van der Waals surface area contributed by atoms with E-state index in [1.54, 1.807) is 6.07 Å². The van der Waals surface area contributed by atoms with Crippen LogP contribution in [0.1, 0.15) is 5.56 Å². The molecule has 1 amide bonds. The van der Waals surface area contributed by atoms with Gasteiger partial charge in [0.2, 0.25) is 0 Å². The Morgan fingerprint density at radius 2 is 2.15 bits per heavy atom. The average molecular weight is 184 g/mol. The number of hydrogen-bond donors (Lipinski definition) is 2. The summed E-state index contributed by atoms with van der Waals surface area (Å²) < 4.78 is 12.9. The van der Waals surface area contributed by atoms with Crippen LogP contribution in [0.5, 0.6) is 0 Å². The fourth-order valence-electron chi connectivity index (χ4n) is 0.878. The monoisotopic (exact) mass is 184 g/mol. The molecule has 0 saturated carbocycles. The zero-order valence-corrected chi connectivity index (χ0v) is 6.77. The third-order valence-electron chi connectivity index (χ3n) is 1.54. The number of hydrogen-bond acceptors (Lipinski definition) is 2. The summed E-state index contributed by atoms with van der Waals surface area (Å²) in [6.07, 6.45) is -1.29. The number of nitrogens with zero attached hydrogens (tertiary/aromatic N) is 1. The molecule has 0 bridgehead atoms. The fraction of sp³-hybridized carbons (Fsp3) is 0.125. The first-order chi connectivity index (χ1) is 6.11. The SMILES string of the molecule is NN(Cc1ccccc1F)C(=O)O. The molecular weight excluding hydrogens is 175 g/mol. The Labute approximate surface area is 74.4 Å². The minimum absolute atomic E-state index is 0.151. The minimum atomic E-state index is -1.29. The second-order valence-electron chi connectivity index (χ2n) is 2.50. The summed E-state index contributed by atoms with van der Waals surface area (Å²) >= 11 is 0. The van der Waals surface area contributed by atoms with Crippen molar-refractivity contribution < 1.29 is 14.3 Å². The van der Waals surface area contributed by atoms with Gasteiger partial charge in [0.1, 0.15) is 5.82 Å². The van der Waals surface area contributed by atoms with Crippen LogP contribution in [-0.4, -0.2) is 16.2 Å². The molecule has 70 valence electrons. The maximum atomic E-state index is 12.9. The van der Waals surface area contributed by atoms with Crippen LogP contribution in [0.2, 0.25) is 0 Å². The number of hydrazine groups is 1. The Hall–Kier alpha value is -1.62. The topological polar surface area (TPSA) is 66.6 Å². The van der Waals surface area contributed by atoms with E-state index in [0.717, 1.165) is 0 Å². The van der Waals surface area contributed by atoms with Crippen molar-refractivity contribution in [3.05, 3.63) is 35.6 Å². The van der Waals surface area contributed by atoms with Gasteiger partial charge in [-0.05, 0) is 6.07 Å². The van der Waals surface area contributed by atoms with Gasteiger partial charge in [0.25, 0.3) is 0 Å². The Kier molecular flexibility index (Phi) is 2.81. The van der Waals surface area contributed by atoms with Crippen molar-refractivity contribution >= 4 is 6.09 Å². The summed E-state index contributed by atoms with van der Waals surface area (Å²) in [5.74, 6) is 4.63. The molecule has 0 aromatic heterocycles. The maximum absolute atomic E-state index is 12.9. The standard InChI is InChI=1S/C8H9FN2O2/c9-7-4-2-1-3-6(7)5-11(10)8(12)13/h1-4H,5,10H2,(H,12,13). The minimum Gasteiger partial charge on any atom is -0.464 e. The number of carboxylic acid groups (broad SMARTS) is 1. The van der Waals surface area contributed by atoms with Gasteiger partial charge in [0.15, 0.2) is 0 Å². The molecule has 0 unspecified atom stereocenters. The molecule has 13 heavy (non-hydrogen) atoms. The number of nitrogens with two attached hydrogens (primary N) is 1.